The highest BCUT2D eigenvalue weighted by Crippen LogP contribution is 2.18. The van der Waals surface area contributed by atoms with Gasteiger partial charge in [-0.2, -0.15) is 0 Å². The third-order valence-corrected chi connectivity index (χ3v) is 2.34. The third kappa shape index (κ3) is 3.13. The fraction of sp³-hybridized carbons (Fsp3) is 0.250. The fourth-order valence-electron chi connectivity index (χ4n) is 1.45. The zero-order valence-corrected chi connectivity index (χ0v) is 9.47. The lowest BCUT2D eigenvalue weighted by Crippen LogP contribution is -1.95. The van der Waals surface area contributed by atoms with Gasteiger partial charge in [0, 0.05) is 18.4 Å². The summed E-state index contributed by atoms with van der Waals surface area (Å²) in [6.07, 6.45) is 0.926. The molecule has 0 saturated heterocycles. The second-order valence-corrected chi connectivity index (χ2v) is 3.76. The van der Waals surface area contributed by atoms with Crippen molar-refractivity contribution in [3.63, 3.8) is 0 Å². The standard InChI is InChI=1S/C12H11FN2O3/c13-9-6-4-8(5-7-9)12-15-14-10(18-12)2-1-3-11(16)17/h4-7H,1-3H2,(H,16,17). The van der Waals surface area contributed by atoms with Crippen molar-refractivity contribution in [2.24, 2.45) is 0 Å². The molecule has 0 amide bonds. The number of rotatable bonds is 5. The highest BCUT2D eigenvalue weighted by molar-refractivity contribution is 5.66. The number of aryl methyl sites for hydroxylation is 1. The highest BCUT2D eigenvalue weighted by atomic mass is 19.1. The average Bonchev–Trinajstić information content (AvgIpc) is 2.78. The minimum atomic E-state index is -0.853. The smallest absolute Gasteiger partial charge is 0.303 e. The number of benzene rings is 1. The van der Waals surface area contributed by atoms with E-state index in [1.807, 2.05) is 0 Å². The Labute approximate surface area is 102 Å². The van der Waals surface area contributed by atoms with Crippen molar-refractivity contribution in [1.29, 1.82) is 0 Å². The van der Waals surface area contributed by atoms with Crippen LogP contribution in [-0.4, -0.2) is 21.3 Å². The van der Waals surface area contributed by atoms with Crippen LogP contribution in [0.15, 0.2) is 28.7 Å². The predicted molar refractivity (Wildman–Crippen MR) is 60.3 cm³/mol. The van der Waals surface area contributed by atoms with Gasteiger partial charge in [0.25, 0.3) is 0 Å². The first kappa shape index (κ1) is 12.2. The molecule has 0 radical (unpaired) electrons. The molecule has 2 aromatic rings. The Balaban J connectivity index is 2.01. The van der Waals surface area contributed by atoms with Crippen LogP contribution in [0.4, 0.5) is 4.39 Å². The van der Waals surface area contributed by atoms with Crippen molar-refractivity contribution in [1.82, 2.24) is 10.2 Å². The molecule has 0 bridgehead atoms. The van der Waals surface area contributed by atoms with E-state index in [9.17, 15) is 9.18 Å². The SMILES string of the molecule is O=C(O)CCCc1nnc(-c2ccc(F)cc2)o1. The average molecular weight is 250 g/mol. The number of carboxylic acids is 1. The van der Waals surface area contributed by atoms with E-state index in [2.05, 4.69) is 10.2 Å². The summed E-state index contributed by atoms with van der Waals surface area (Å²) in [5, 5.41) is 16.1. The van der Waals surface area contributed by atoms with Crippen LogP contribution >= 0.6 is 0 Å². The molecule has 94 valence electrons. The maximum atomic E-state index is 12.7. The van der Waals surface area contributed by atoms with Crippen LogP contribution in [-0.2, 0) is 11.2 Å². The second kappa shape index (κ2) is 5.39. The van der Waals surface area contributed by atoms with Crippen molar-refractivity contribution in [3.05, 3.63) is 36.0 Å². The van der Waals surface area contributed by atoms with Crippen LogP contribution < -0.4 is 0 Å². The Kier molecular flexibility index (Phi) is 3.66. The molecule has 1 aromatic heterocycles. The van der Waals surface area contributed by atoms with Crippen LogP contribution in [0.2, 0.25) is 0 Å². The first-order valence-corrected chi connectivity index (χ1v) is 5.45. The van der Waals surface area contributed by atoms with Gasteiger partial charge in [0.2, 0.25) is 11.8 Å². The molecule has 1 N–H and O–H groups in total. The Bertz CT molecular complexity index is 537. The van der Waals surface area contributed by atoms with Gasteiger partial charge in [0.05, 0.1) is 0 Å². The zero-order valence-electron chi connectivity index (χ0n) is 9.47. The van der Waals surface area contributed by atoms with Crippen molar-refractivity contribution < 1.29 is 18.7 Å². The quantitative estimate of drug-likeness (QED) is 0.880. The van der Waals surface area contributed by atoms with E-state index in [0.717, 1.165) is 0 Å². The number of aliphatic carboxylic acids is 1. The van der Waals surface area contributed by atoms with E-state index >= 15 is 0 Å². The molecule has 6 heteroatoms. The van der Waals surface area contributed by atoms with E-state index in [0.29, 0.717) is 30.2 Å². The first-order valence-electron chi connectivity index (χ1n) is 5.45. The number of halogens is 1. The maximum absolute atomic E-state index is 12.7. The zero-order chi connectivity index (χ0) is 13.0. The van der Waals surface area contributed by atoms with E-state index in [1.54, 1.807) is 12.1 Å². The number of nitrogens with zero attached hydrogens (tertiary/aromatic N) is 2. The topological polar surface area (TPSA) is 76.2 Å². The van der Waals surface area contributed by atoms with Crippen molar-refractivity contribution in [3.8, 4) is 11.5 Å². The number of hydrogen-bond acceptors (Lipinski definition) is 4. The molecule has 0 aliphatic rings. The molecule has 1 heterocycles. The van der Waals surface area contributed by atoms with Crippen LogP contribution in [0.25, 0.3) is 11.5 Å². The molecular formula is C12H11FN2O3. The number of hydrogen-bond donors (Lipinski definition) is 1. The summed E-state index contributed by atoms with van der Waals surface area (Å²) >= 11 is 0. The summed E-state index contributed by atoms with van der Waals surface area (Å²) in [7, 11) is 0. The number of carbonyl (C=O) groups is 1. The van der Waals surface area contributed by atoms with E-state index in [1.165, 1.54) is 12.1 Å². The Morgan fingerprint density at radius 1 is 1.28 bits per heavy atom. The lowest BCUT2D eigenvalue weighted by molar-refractivity contribution is -0.137. The molecule has 18 heavy (non-hydrogen) atoms. The van der Waals surface area contributed by atoms with Crippen LogP contribution in [0.3, 0.4) is 0 Å². The van der Waals surface area contributed by atoms with Crippen molar-refractivity contribution in [2.75, 3.05) is 0 Å². The summed E-state index contributed by atoms with van der Waals surface area (Å²) in [6, 6.07) is 5.71. The normalized spacial score (nSPS) is 10.5. The summed E-state index contributed by atoms with van der Waals surface area (Å²) in [5.41, 5.74) is 0.633. The van der Waals surface area contributed by atoms with E-state index in [-0.39, 0.29) is 12.2 Å². The van der Waals surface area contributed by atoms with Gasteiger partial charge in [0.15, 0.2) is 0 Å². The van der Waals surface area contributed by atoms with Crippen LogP contribution in [0.5, 0.6) is 0 Å². The monoisotopic (exact) mass is 250 g/mol. The largest absolute Gasteiger partial charge is 0.481 e. The third-order valence-electron chi connectivity index (χ3n) is 2.34. The Hall–Kier alpha value is -2.24. The fourth-order valence-corrected chi connectivity index (χ4v) is 1.45. The van der Waals surface area contributed by atoms with Gasteiger partial charge in [-0.25, -0.2) is 4.39 Å². The molecule has 0 aliphatic heterocycles. The number of aromatic nitrogens is 2. The molecule has 0 unspecified atom stereocenters. The molecule has 0 aliphatic carbocycles. The molecule has 0 fully saturated rings. The molecule has 1 aromatic carbocycles. The van der Waals surface area contributed by atoms with Gasteiger partial charge in [-0.3, -0.25) is 4.79 Å². The van der Waals surface area contributed by atoms with Gasteiger partial charge in [-0.05, 0) is 30.7 Å². The number of carboxylic acid groups (broad SMARTS) is 1. The minimum absolute atomic E-state index is 0.0638. The van der Waals surface area contributed by atoms with E-state index < -0.39 is 5.97 Å². The van der Waals surface area contributed by atoms with Crippen LogP contribution in [0, 0.1) is 5.82 Å². The van der Waals surface area contributed by atoms with Gasteiger partial charge < -0.3 is 9.52 Å². The predicted octanol–water partition coefficient (Wildman–Crippen LogP) is 2.28. The summed E-state index contributed by atoms with van der Waals surface area (Å²) in [6.45, 7) is 0. The summed E-state index contributed by atoms with van der Waals surface area (Å²) < 4.78 is 18.1. The van der Waals surface area contributed by atoms with Gasteiger partial charge in [0.1, 0.15) is 5.82 Å². The van der Waals surface area contributed by atoms with Crippen molar-refractivity contribution in [2.45, 2.75) is 19.3 Å². The molecule has 0 atom stereocenters. The lowest BCUT2D eigenvalue weighted by atomic mass is 10.2. The highest BCUT2D eigenvalue weighted by Gasteiger charge is 2.09. The van der Waals surface area contributed by atoms with Crippen LogP contribution in [0.1, 0.15) is 18.7 Å². The van der Waals surface area contributed by atoms with Gasteiger partial charge in [-0.15, -0.1) is 10.2 Å². The van der Waals surface area contributed by atoms with Crippen molar-refractivity contribution >= 4 is 5.97 Å². The minimum Gasteiger partial charge on any atom is -0.481 e. The van der Waals surface area contributed by atoms with E-state index in [4.69, 9.17) is 9.52 Å². The Morgan fingerprint density at radius 3 is 2.67 bits per heavy atom. The maximum Gasteiger partial charge on any atom is 0.303 e. The molecule has 2 rings (SSSR count). The molecule has 5 nitrogen and oxygen atoms in total. The summed E-state index contributed by atoms with van der Waals surface area (Å²) in [4.78, 5) is 10.3. The Morgan fingerprint density at radius 2 is 2.00 bits per heavy atom. The molecule has 0 spiro atoms. The lowest BCUT2D eigenvalue weighted by Gasteiger charge is -1.94. The summed E-state index contributed by atoms with van der Waals surface area (Å²) in [5.74, 6) is -0.496. The molecule has 0 saturated carbocycles. The van der Waals surface area contributed by atoms with Gasteiger partial charge in [-0.1, -0.05) is 0 Å². The molecular weight excluding hydrogens is 239 g/mol. The second-order valence-electron chi connectivity index (χ2n) is 3.76. The first-order chi connectivity index (χ1) is 8.65. The van der Waals surface area contributed by atoms with Gasteiger partial charge >= 0.3 is 5.97 Å².